The van der Waals surface area contributed by atoms with E-state index in [0.717, 1.165) is 12.8 Å². The highest BCUT2D eigenvalue weighted by molar-refractivity contribution is 7.91. The molecule has 0 aliphatic carbocycles. The molecule has 3 aromatic rings. The molecule has 0 bridgehead atoms. The van der Waals surface area contributed by atoms with Crippen LogP contribution in [0.4, 0.5) is 13.2 Å². The minimum Gasteiger partial charge on any atom is -0.308 e. The summed E-state index contributed by atoms with van der Waals surface area (Å²) >= 11 is 12.6. The first-order valence-corrected chi connectivity index (χ1v) is 15.0. The number of benzene rings is 2. The molecule has 1 aliphatic rings. The van der Waals surface area contributed by atoms with Crippen molar-refractivity contribution < 1.29 is 21.6 Å². The SMILES string of the molecule is CCS(=O)(=O)c1ccc(Cl)cc1Cn1c(=O)[nH]c2c(Cl)c(CN3CCC[C@@H]3CN(C)C)c(C(F)(F)F)cc2c1=O. The first kappa shape index (κ1) is 30.6. The normalized spacial score (nSPS) is 16.9. The Morgan fingerprint density at radius 2 is 1.82 bits per heavy atom. The number of likely N-dealkylation sites (tertiary alicyclic amines) is 1. The van der Waals surface area contributed by atoms with Gasteiger partial charge in [0.15, 0.2) is 9.84 Å². The molecule has 1 fully saturated rings. The zero-order valence-electron chi connectivity index (χ0n) is 22.1. The van der Waals surface area contributed by atoms with Crippen molar-refractivity contribution in [3.05, 3.63) is 71.8 Å². The van der Waals surface area contributed by atoms with Gasteiger partial charge in [0.1, 0.15) is 0 Å². The number of aromatic amines is 1. The number of aromatic nitrogens is 2. The predicted molar refractivity (Wildman–Crippen MR) is 149 cm³/mol. The Hall–Kier alpha value is -2.38. The molecule has 0 radical (unpaired) electrons. The summed E-state index contributed by atoms with van der Waals surface area (Å²) in [6.07, 6.45) is -3.18. The van der Waals surface area contributed by atoms with Crippen molar-refractivity contribution >= 4 is 43.9 Å². The van der Waals surface area contributed by atoms with Crippen LogP contribution in [0.15, 0.2) is 38.8 Å². The lowest BCUT2D eigenvalue weighted by atomic mass is 10.0. The van der Waals surface area contributed by atoms with Gasteiger partial charge in [-0.25, -0.2) is 13.2 Å². The molecule has 2 heterocycles. The number of hydrogen-bond donors (Lipinski definition) is 1. The van der Waals surface area contributed by atoms with Crippen molar-refractivity contribution in [2.24, 2.45) is 0 Å². The van der Waals surface area contributed by atoms with E-state index in [4.69, 9.17) is 23.2 Å². The molecule has 0 spiro atoms. The maximum Gasteiger partial charge on any atom is 0.416 e. The van der Waals surface area contributed by atoms with Crippen LogP contribution in [0, 0.1) is 0 Å². The number of halogens is 5. The third kappa shape index (κ3) is 6.11. The monoisotopic (exact) mass is 620 g/mol. The van der Waals surface area contributed by atoms with Gasteiger partial charge in [-0.05, 0) is 68.9 Å². The number of fused-ring (bicyclic) bond motifs is 1. The van der Waals surface area contributed by atoms with Gasteiger partial charge in [0.2, 0.25) is 0 Å². The van der Waals surface area contributed by atoms with E-state index in [-0.39, 0.29) is 49.9 Å². The summed E-state index contributed by atoms with van der Waals surface area (Å²) in [6.45, 7) is 2.05. The molecule has 1 aromatic heterocycles. The zero-order chi connectivity index (χ0) is 29.6. The van der Waals surface area contributed by atoms with Crippen LogP contribution >= 0.6 is 23.2 Å². The number of likely N-dealkylation sites (N-methyl/N-ethyl adjacent to an activating group) is 1. The van der Waals surface area contributed by atoms with E-state index in [0.29, 0.717) is 23.7 Å². The van der Waals surface area contributed by atoms with Crippen LogP contribution in [0.25, 0.3) is 10.9 Å². The molecule has 14 heteroatoms. The number of alkyl halides is 3. The second kappa shape index (κ2) is 11.5. The number of sulfone groups is 1. The van der Waals surface area contributed by atoms with Crippen LogP contribution in [0.3, 0.4) is 0 Å². The van der Waals surface area contributed by atoms with Gasteiger partial charge in [-0.2, -0.15) is 13.2 Å². The van der Waals surface area contributed by atoms with Crippen molar-refractivity contribution in [2.45, 2.75) is 50.0 Å². The van der Waals surface area contributed by atoms with E-state index < -0.39 is 44.8 Å². The van der Waals surface area contributed by atoms with Crippen LogP contribution in [0.1, 0.15) is 36.5 Å². The Morgan fingerprint density at radius 3 is 2.45 bits per heavy atom. The van der Waals surface area contributed by atoms with Crippen molar-refractivity contribution in [3.63, 3.8) is 0 Å². The van der Waals surface area contributed by atoms with Crippen LogP contribution in [-0.4, -0.2) is 66.7 Å². The summed E-state index contributed by atoms with van der Waals surface area (Å²) in [5.41, 5.74) is -3.41. The molecule has 0 unspecified atom stereocenters. The summed E-state index contributed by atoms with van der Waals surface area (Å²) < 4.78 is 68.8. The molecule has 0 amide bonds. The van der Waals surface area contributed by atoms with Gasteiger partial charge in [-0.15, -0.1) is 0 Å². The summed E-state index contributed by atoms with van der Waals surface area (Å²) in [5.74, 6) is -0.246. The lowest BCUT2D eigenvalue weighted by Crippen LogP contribution is -2.38. The quantitative estimate of drug-likeness (QED) is 0.401. The fourth-order valence-electron chi connectivity index (χ4n) is 5.18. The Bertz CT molecular complexity index is 1670. The topological polar surface area (TPSA) is 95.5 Å². The smallest absolute Gasteiger partial charge is 0.308 e. The number of rotatable bonds is 8. The Balaban J connectivity index is 1.88. The van der Waals surface area contributed by atoms with Gasteiger partial charge in [0.25, 0.3) is 5.56 Å². The summed E-state index contributed by atoms with van der Waals surface area (Å²) in [6, 6.07) is 4.67. The molecule has 1 saturated heterocycles. The third-order valence-corrected chi connectivity index (χ3v) is 9.61. The van der Waals surface area contributed by atoms with Crippen LogP contribution in [-0.2, 0) is 29.1 Å². The minimum atomic E-state index is -4.83. The van der Waals surface area contributed by atoms with Crippen molar-refractivity contribution in [3.8, 4) is 0 Å². The number of hydrogen-bond acceptors (Lipinski definition) is 6. The molecule has 40 heavy (non-hydrogen) atoms. The molecule has 1 N–H and O–H groups in total. The maximum absolute atomic E-state index is 14.3. The summed E-state index contributed by atoms with van der Waals surface area (Å²) in [5, 5.41) is -0.621. The van der Waals surface area contributed by atoms with Crippen LogP contribution in [0.2, 0.25) is 10.0 Å². The van der Waals surface area contributed by atoms with Gasteiger partial charge in [-0.3, -0.25) is 14.3 Å². The first-order chi connectivity index (χ1) is 18.6. The van der Waals surface area contributed by atoms with Gasteiger partial charge in [0, 0.05) is 24.2 Å². The highest BCUT2D eigenvalue weighted by Gasteiger charge is 2.37. The minimum absolute atomic E-state index is 0.0289. The van der Waals surface area contributed by atoms with E-state index in [2.05, 4.69) is 4.98 Å². The average molecular weight is 622 g/mol. The van der Waals surface area contributed by atoms with Gasteiger partial charge >= 0.3 is 11.9 Å². The van der Waals surface area contributed by atoms with E-state index >= 15 is 0 Å². The van der Waals surface area contributed by atoms with E-state index in [9.17, 15) is 31.2 Å². The van der Waals surface area contributed by atoms with E-state index in [1.807, 2.05) is 23.9 Å². The number of nitrogens with one attached hydrogen (secondary N) is 1. The van der Waals surface area contributed by atoms with Gasteiger partial charge in [0.05, 0.1) is 38.7 Å². The zero-order valence-corrected chi connectivity index (χ0v) is 24.4. The molecular formula is C26H29Cl2F3N4O4S. The largest absolute Gasteiger partial charge is 0.416 e. The molecule has 218 valence electrons. The lowest BCUT2D eigenvalue weighted by molar-refractivity contribution is -0.138. The molecule has 8 nitrogen and oxygen atoms in total. The fourth-order valence-corrected chi connectivity index (χ4v) is 6.80. The summed E-state index contributed by atoms with van der Waals surface area (Å²) in [7, 11) is 0.0187. The molecule has 0 saturated carbocycles. The average Bonchev–Trinajstić information content (AvgIpc) is 3.28. The lowest BCUT2D eigenvalue weighted by Gasteiger charge is -2.28. The standard InChI is InChI=1S/C26H29Cl2F3N4O4S/c1-4-40(38,39)21-8-7-16(27)10-15(21)12-35-24(36)18-11-20(26(29,30)31)19(22(28)23(18)32-25(35)37)14-34-9-5-6-17(34)13-33(2)3/h7-8,10-11,17H,4-6,9,12-14H2,1-3H3,(H,32,37)/t17-/m1/s1. The Morgan fingerprint density at radius 1 is 1.12 bits per heavy atom. The van der Waals surface area contributed by atoms with Crippen molar-refractivity contribution in [2.75, 3.05) is 32.9 Å². The molecule has 4 rings (SSSR count). The molecule has 1 aliphatic heterocycles. The highest BCUT2D eigenvalue weighted by Crippen LogP contribution is 2.39. The number of nitrogens with zero attached hydrogens (tertiary/aromatic N) is 3. The second-order valence-corrected chi connectivity index (χ2v) is 13.2. The fraction of sp³-hybridized carbons (Fsp3) is 0.462. The van der Waals surface area contributed by atoms with Gasteiger partial charge in [-0.1, -0.05) is 30.1 Å². The Labute approximate surface area is 239 Å². The third-order valence-electron chi connectivity index (χ3n) is 7.13. The van der Waals surface area contributed by atoms with Crippen molar-refractivity contribution in [1.29, 1.82) is 0 Å². The molecular weight excluding hydrogens is 592 g/mol. The highest BCUT2D eigenvalue weighted by atomic mass is 35.5. The van der Waals surface area contributed by atoms with Crippen LogP contribution < -0.4 is 11.2 Å². The summed E-state index contributed by atoms with van der Waals surface area (Å²) in [4.78, 5) is 32.7. The Kier molecular flexibility index (Phi) is 8.77. The van der Waals surface area contributed by atoms with Crippen molar-refractivity contribution in [1.82, 2.24) is 19.4 Å². The van der Waals surface area contributed by atoms with E-state index in [1.165, 1.54) is 25.1 Å². The molecule has 2 aromatic carbocycles. The van der Waals surface area contributed by atoms with Crippen LogP contribution in [0.5, 0.6) is 0 Å². The first-order valence-electron chi connectivity index (χ1n) is 12.6. The number of H-pyrrole nitrogens is 1. The molecule has 1 atom stereocenters. The maximum atomic E-state index is 14.3. The van der Waals surface area contributed by atoms with E-state index in [1.54, 1.807) is 0 Å². The second-order valence-electron chi connectivity index (χ2n) is 10.1. The predicted octanol–water partition coefficient (Wildman–Crippen LogP) is 4.38. The van der Waals surface area contributed by atoms with Gasteiger partial charge < -0.3 is 9.88 Å².